The number of carbonyl (C=O) groups excluding carboxylic acids is 1. The molecule has 1 amide bonds. The number of amides is 1. The van der Waals surface area contributed by atoms with Gasteiger partial charge in [0.05, 0.1) is 6.61 Å². The molecule has 2 aliphatic rings. The zero-order valence-corrected chi connectivity index (χ0v) is 13.3. The van der Waals surface area contributed by atoms with Crippen molar-refractivity contribution in [3.05, 3.63) is 0 Å². The van der Waals surface area contributed by atoms with Crippen molar-refractivity contribution in [3.63, 3.8) is 0 Å². The number of methoxy groups -OCH3 is 1. The van der Waals surface area contributed by atoms with E-state index in [4.69, 9.17) is 4.74 Å². The van der Waals surface area contributed by atoms with E-state index in [2.05, 4.69) is 23.6 Å². The Balaban J connectivity index is 1.90. The Morgan fingerprint density at radius 2 is 1.70 bits per heavy atom. The van der Waals surface area contributed by atoms with Crippen molar-refractivity contribution in [2.75, 3.05) is 33.4 Å². The van der Waals surface area contributed by atoms with E-state index >= 15 is 0 Å². The first kappa shape index (κ1) is 15.8. The van der Waals surface area contributed by atoms with E-state index in [1.165, 1.54) is 19.3 Å². The number of hydrogen-bond acceptors (Lipinski definition) is 3. The van der Waals surface area contributed by atoms with E-state index in [0.29, 0.717) is 23.9 Å². The molecule has 0 aromatic carbocycles. The van der Waals surface area contributed by atoms with Crippen LogP contribution in [-0.2, 0) is 9.53 Å². The summed E-state index contributed by atoms with van der Waals surface area (Å²) in [5.74, 6) is 0.712. The quantitative estimate of drug-likeness (QED) is 0.792. The van der Waals surface area contributed by atoms with Crippen LogP contribution in [0.2, 0.25) is 0 Å². The van der Waals surface area contributed by atoms with Crippen LogP contribution < -0.4 is 0 Å². The van der Waals surface area contributed by atoms with Crippen LogP contribution >= 0.6 is 0 Å². The van der Waals surface area contributed by atoms with Gasteiger partial charge in [0.1, 0.15) is 0 Å². The number of carbonyl (C=O) groups is 1. The SMILES string of the molecule is COCCN1C(C)CN(C(=O)C2CCCCC2)CC1C. The van der Waals surface area contributed by atoms with E-state index < -0.39 is 0 Å². The van der Waals surface area contributed by atoms with Crippen molar-refractivity contribution in [1.29, 1.82) is 0 Å². The van der Waals surface area contributed by atoms with Gasteiger partial charge in [-0.1, -0.05) is 19.3 Å². The molecule has 1 saturated carbocycles. The van der Waals surface area contributed by atoms with E-state index in [-0.39, 0.29) is 0 Å². The third-order valence-electron chi connectivity index (χ3n) is 4.92. The maximum atomic E-state index is 12.6. The third-order valence-corrected chi connectivity index (χ3v) is 4.92. The highest BCUT2D eigenvalue weighted by Crippen LogP contribution is 2.27. The van der Waals surface area contributed by atoms with Gasteiger partial charge < -0.3 is 9.64 Å². The molecule has 0 N–H and O–H groups in total. The number of rotatable bonds is 4. The first-order valence-corrected chi connectivity index (χ1v) is 8.17. The lowest BCUT2D eigenvalue weighted by atomic mass is 9.88. The average Bonchev–Trinajstić information content (AvgIpc) is 2.46. The third kappa shape index (κ3) is 3.73. The minimum atomic E-state index is 0.300. The molecule has 0 aromatic heterocycles. The van der Waals surface area contributed by atoms with Crippen molar-refractivity contribution in [3.8, 4) is 0 Å². The van der Waals surface area contributed by atoms with Gasteiger partial charge in [-0.3, -0.25) is 9.69 Å². The Morgan fingerprint density at radius 3 is 2.25 bits per heavy atom. The molecular formula is C16H30N2O2. The number of ether oxygens (including phenoxy) is 1. The van der Waals surface area contributed by atoms with E-state index in [0.717, 1.165) is 39.1 Å². The van der Waals surface area contributed by atoms with Crippen LogP contribution in [0.1, 0.15) is 46.0 Å². The minimum Gasteiger partial charge on any atom is -0.383 e. The zero-order valence-electron chi connectivity index (χ0n) is 13.3. The fraction of sp³-hybridized carbons (Fsp3) is 0.938. The first-order chi connectivity index (χ1) is 9.63. The maximum Gasteiger partial charge on any atom is 0.225 e. The van der Waals surface area contributed by atoms with Crippen molar-refractivity contribution in [1.82, 2.24) is 9.80 Å². The number of piperazine rings is 1. The van der Waals surface area contributed by atoms with Crippen molar-refractivity contribution < 1.29 is 9.53 Å². The normalized spacial score (nSPS) is 29.6. The predicted octanol–water partition coefficient (Wildman–Crippen LogP) is 2.13. The van der Waals surface area contributed by atoms with Gasteiger partial charge >= 0.3 is 0 Å². The summed E-state index contributed by atoms with van der Waals surface area (Å²) in [7, 11) is 1.75. The Kier molecular flexibility index (Phi) is 5.85. The van der Waals surface area contributed by atoms with Crippen LogP contribution in [-0.4, -0.2) is 61.1 Å². The highest BCUT2D eigenvalue weighted by Gasteiger charge is 2.34. The zero-order chi connectivity index (χ0) is 14.5. The Hall–Kier alpha value is -0.610. The lowest BCUT2D eigenvalue weighted by Crippen LogP contribution is -2.59. The molecule has 0 radical (unpaired) electrons. The minimum absolute atomic E-state index is 0.300. The molecule has 20 heavy (non-hydrogen) atoms. The van der Waals surface area contributed by atoms with E-state index in [1.54, 1.807) is 7.11 Å². The molecule has 0 spiro atoms. The second-order valence-corrected chi connectivity index (χ2v) is 6.51. The molecule has 0 bridgehead atoms. The van der Waals surface area contributed by atoms with Crippen molar-refractivity contribution in [2.45, 2.75) is 58.0 Å². The molecule has 4 nitrogen and oxygen atoms in total. The standard InChI is InChI=1S/C16H30N2O2/c1-13-11-17(12-14(2)18(13)9-10-20-3)16(19)15-7-5-4-6-8-15/h13-15H,4-12H2,1-3H3. The summed E-state index contributed by atoms with van der Waals surface area (Å²) in [6.07, 6.45) is 5.98. The maximum absolute atomic E-state index is 12.6. The average molecular weight is 282 g/mol. The van der Waals surface area contributed by atoms with Gasteiger partial charge in [-0.2, -0.15) is 0 Å². The lowest BCUT2D eigenvalue weighted by molar-refractivity contribution is -0.141. The van der Waals surface area contributed by atoms with Gasteiger partial charge in [-0.15, -0.1) is 0 Å². The molecule has 1 aliphatic heterocycles. The predicted molar refractivity (Wildman–Crippen MR) is 80.7 cm³/mol. The molecule has 2 rings (SSSR count). The van der Waals surface area contributed by atoms with Gasteiger partial charge in [-0.25, -0.2) is 0 Å². The summed E-state index contributed by atoms with van der Waals surface area (Å²) in [4.78, 5) is 17.2. The Bertz CT molecular complexity index is 304. The molecule has 2 unspecified atom stereocenters. The molecule has 1 heterocycles. The molecule has 116 valence electrons. The van der Waals surface area contributed by atoms with Crippen LogP contribution in [0.5, 0.6) is 0 Å². The summed E-state index contributed by atoms with van der Waals surface area (Å²) >= 11 is 0. The van der Waals surface area contributed by atoms with Crippen LogP contribution in [0, 0.1) is 5.92 Å². The van der Waals surface area contributed by atoms with Gasteiger partial charge in [0.15, 0.2) is 0 Å². The van der Waals surface area contributed by atoms with E-state index in [9.17, 15) is 4.79 Å². The molecule has 1 aliphatic carbocycles. The number of nitrogens with zero attached hydrogens (tertiary/aromatic N) is 2. The van der Waals surface area contributed by atoms with Gasteiger partial charge in [-0.05, 0) is 26.7 Å². The van der Waals surface area contributed by atoms with Crippen LogP contribution in [0.25, 0.3) is 0 Å². The summed E-state index contributed by atoms with van der Waals surface area (Å²) in [5, 5.41) is 0. The highest BCUT2D eigenvalue weighted by atomic mass is 16.5. The fourth-order valence-corrected chi connectivity index (χ4v) is 3.78. The smallest absolute Gasteiger partial charge is 0.225 e. The monoisotopic (exact) mass is 282 g/mol. The Morgan fingerprint density at radius 1 is 1.10 bits per heavy atom. The molecule has 2 atom stereocenters. The van der Waals surface area contributed by atoms with Crippen molar-refractivity contribution >= 4 is 5.91 Å². The van der Waals surface area contributed by atoms with Gasteiger partial charge in [0.2, 0.25) is 5.91 Å². The molecular weight excluding hydrogens is 252 g/mol. The fourth-order valence-electron chi connectivity index (χ4n) is 3.78. The molecule has 4 heteroatoms. The van der Waals surface area contributed by atoms with Crippen LogP contribution in [0.15, 0.2) is 0 Å². The lowest BCUT2D eigenvalue weighted by Gasteiger charge is -2.45. The highest BCUT2D eigenvalue weighted by molar-refractivity contribution is 5.79. The second-order valence-electron chi connectivity index (χ2n) is 6.51. The molecule has 0 aromatic rings. The van der Waals surface area contributed by atoms with Crippen LogP contribution in [0.4, 0.5) is 0 Å². The molecule has 1 saturated heterocycles. The first-order valence-electron chi connectivity index (χ1n) is 8.17. The number of hydrogen-bond donors (Lipinski definition) is 0. The largest absolute Gasteiger partial charge is 0.383 e. The van der Waals surface area contributed by atoms with Gasteiger partial charge in [0, 0.05) is 44.7 Å². The second kappa shape index (κ2) is 7.41. The summed E-state index contributed by atoms with van der Waals surface area (Å²) in [5.41, 5.74) is 0. The van der Waals surface area contributed by atoms with Crippen LogP contribution in [0.3, 0.4) is 0 Å². The topological polar surface area (TPSA) is 32.8 Å². The molecule has 2 fully saturated rings. The summed E-state index contributed by atoms with van der Waals surface area (Å²) < 4.78 is 5.19. The van der Waals surface area contributed by atoms with Gasteiger partial charge in [0.25, 0.3) is 0 Å². The van der Waals surface area contributed by atoms with Crippen molar-refractivity contribution in [2.24, 2.45) is 5.92 Å². The van der Waals surface area contributed by atoms with E-state index in [1.807, 2.05) is 0 Å². The Labute approximate surface area is 123 Å². The summed E-state index contributed by atoms with van der Waals surface area (Å²) in [6.45, 7) is 7.95. The summed E-state index contributed by atoms with van der Waals surface area (Å²) in [6, 6.07) is 0.864.